The fraction of sp³-hybridized carbons (Fsp3) is 0.500. The van der Waals surface area contributed by atoms with Crippen LogP contribution in [0.4, 0.5) is 0 Å². The van der Waals surface area contributed by atoms with Crippen molar-refractivity contribution in [2.75, 3.05) is 62.3 Å². The third-order valence-corrected chi connectivity index (χ3v) is 6.58. The minimum atomic E-state index is -0.262. The van der Waals surface area contributed by atoms with E-state index in [0.717, 1.165) is 42.6 Å². The standard InChI is InChI=1S/C26H36NO7/c1-17(28)34-14-8-12-27(2)13-11-18-15-22(31-5)25(32-6)26(33-7)23(18)24(27)19-9-10-20(29-3)21(16-19)30-4/h9-10,15-16,24H,8,11-14H2,1-7H3/q+1. The van der Waals surface area contributed by atoms with Crippen LogP contribution in [0.1, 0.15) is 36.1 Å². The van der Waals surface area contributed by atoms with E-state index in [2.05, 4.69) is 13.1 Å². The lowest BCUT2D eigenvalue weighted by Gasteiger charge is -2.46. The molecule has 0 saturated carbocycles. The van der Waals surface area contributed by atoms with E-state index < -0.39 is 0 Å². The first kappa shape index (κ1) is 25.5. The van der Waals surface area contributed by atoms with Gasteiger partial charge in [0.25, 0.3) is 0 Å². The van der Waals surface area contributed by atoms with E-state index >= 15 is 0 Å². The number of quaternary nitrogens is 1. The number of carbonyl (C=O) groups is 1. The van der Waals surface area contributed by atoms with Crippen LogP contribution in [0.25, 0.3) is 0 Å². The second kappa shape index (κ2) is 10.9. The van der Waals surface area contributed by atoms with Crippen molar-refractivity contribution in [3.8, 4) is 28.7 Å². The van der Waals surface area contributed by atoms with Gasteiger partial charge in [-0.3, -0.25) is 4.79 Å². The average molecular weight is 475 g/mol. The van der Waals surface area contributed by atoms with Crippen LogP contribution in [0, 0.1) is 0 Å². The van der Waals surface area contributed by atoms with Gasteiger partial charge in [0.05, 0.1) is 67.9 Å². The van der Waals surface area contributed by atoms with Crippen molar-refractivity contribution >= 4 is 5.97 Å². The summed E-state index contributed by atoms with van der Waals surface area (Å²) in [6.07, 6.45) is 1.59. The van der Waals surface area contributed by atoms with Gasteiger partial charge >= 0.3 is 5.97 Å². The highest BCUT2D eigenvalue weighted by Gasteiger charge is 2.44. The second-order valence-electron chi connectivity index (χ2n) is 8.61. The number of esters is 1. The van der Waals surface area contributed by atoms with Crippen molar-refractivity contribution in [1.82, 2.24) is 0 Å². The van der Waals surface area contributed by atoms with E-state index in [1.54, 1.807) is 35.5 Å². The molecule has 0 N–H and O–H groups in total. The molecule has 0 fully saturated rings. The van der Waals surface area contributed by atoms with Crippen LogP contribution in [0.15, 0.2) is 24.3 Å². The topological polar surface area (TPSA) is 72.5 Å². The maximum absolute atomic E-state index is 11.3. The van der Waals surface area contributed by atoms with Crippen molar-refractivity contribution in [1.29, 1.82) is 0 Å². The van der Waals surface area contributed by atoms with Crippen molar-refractivity contribution in [2.45, 2.75) is 25.8 Å². The molecule has 8 heteroatoms. The molecule has 0 bridgehead atoms. The zero-order chi connectivity index (χ0) is 24.9. The number of methoxy groups -OCH3 is 5. The number of ether oxygens (including phenoxy) is 6. The van der Waals surface area contributed by atoms with Gasteiger partial charge in [-0.05, 0) is 29.8 Å². The molecule has 8 nitrogen and oxygen atoms in total. The number of fused-ring (bicyclic) bond motifs is 1. The van der Waals surface area contributed by atoms with Crippen molar-refractivity contribution in [2.24, 2.45) is 0 Å². The van der Waals surface area contributed by atoms with E-state index in [9.17, 15) is 4.79 Å². The van der Waals surface area contributed by atoms with Crippen LogP contribution in [0.2, 0.25) is 0 Å². The van der Waals surface area contributed by atoms with Gasteiger partial charge in [0.15, 0.2) is 23.0 Å². The number of nitrogens with zero attached hydrogens (tertiary/aromatic N) is 1. The summed E-state index contributed by atoms with van der Waals surface area (Å²) in [5.74, 6) is 2.96. The van der Waals surface area contributed by atoms with Gasteiger partial charge in [0.2, 0.25) is 5.75 Å². The van der Waals surface area contributed by atoms with Crippen LogP contribution in [0.5, 0.6) is 28.7 Å². The fourth-order valence-corrected chi connectivity index (χ4v) is 4.98. The van der Waals surface area contributed by atoms with Crippen molar-refractivity contribution in [3.63, 3.8) is 0 Å². The van der Waals surface area contributed by atoms with Gasteiger partial charge in [0, 0.05) is 25.3 Å². The maximum atomic E-state index is 11.3. The minimum Gasteiger partial charge on any atom is -0.493 e. The molecular formula is C26H36NO7+. The quantitative estimate of drug-likeness (QED) is 0.295. The Hall–Kier alpha value is -3.13. The highest BCUT2D eigenvalue weighted by molar-refractivity contribution is 5.65. The summed E-state index contributed by atoms with van der Waals surface area (Å²) < 4.78 is 34.3. The van der Waals surface area contributed by atoms with Crippen LogP contribution < -0.4 is 23.7 Å². The molecule has 0 aromatic heterocycles. The maximum Gasteiger partial charge on any atom is 0.302 e. The van der Waals surface area contributed by atoms with Crippen LogP contribution >= 0.6 is 0 Å². The van der Waals surface area contributed by atoms with Gasteiger partial charge < -0.3 is 32.9 Å². The van der Waals surface area contributed by atoms with E-state index in [-0.39, 0.29) is 12.0 Å². The first-order valence-corrected chi connectivity index (χ1v) is 11.3. The summed E-state index contributed by atoms with van der Waals surface area (Å²) >= 11 is 0. The molecule has 1 heterocycles. The lowest BCUT2D eigenvalue weighted by molar-refractivity contribution is -0.935. The predicted molar refractivity (Wildman–Crippen MR) is 128 cm³/mol. The van der Waals surface area contributed by atoms with E-state index in [1.165, 1.54) is 6.92 Å². The molecule has 2 atom stereocenters. The SMILES string of the molecule is COc1ccc(C2c3c(cc(OC)c(OC)c3OC)CC[N+]2(C)CCCOC(C)=O)cc1OC. The number of hydrogen-bond acceptors (Lipinski definition) is 7. The molecule has 0 spiro atoms. The molecule has 0 aliphatic carbocycles. The number of benzene rings is 2. The number of rotatable bonds is 10. The Morgan fingerprint density at radius 3 is 2.18 bits per heavy atom. The summed E-state index contributed by atoms with van der Waals surface area (Å²) in [6, 6.07) is 8.00. The third kappa shape index (κ3) is 4.87. The molecular weight excluding hydrogens is 438 g/mol. The molecule has 3 rings (SSSR count). The highest BCUT2D eigenvalue weighted by atomic mass is 16.5. The zero-order valence-electron chi connectivity index (χ0n) is 21.2. The normalized spacial score (nSPS) is 19.1. The van der Waals surface area contributed by atoms with Gasteiger partial charge in [-0.15, -0.1) is 0 Å². The van der Waals surface area contributed by atoms with E-state index in [1.807, 2.05) is 18.2 Å². The van der Waals surface area contributed by atoms with Crippen molar-refractivity contribution < 1.29 is 37.7 Å². The molecule has 1 aliphatic rings. The van der Waals surface area contributed by atoms with Gasteiger partial charge in [-0.25, -0.2) is 0 Å². The Morgan fingerprint density at radius 2 is 1.59 bits per heavy atom. The van der Waals surface area contributed by atoms with E-state index in [4.69, 9.17) is 28.4 Å². The number of hydrogen-bond donors (Lipinski definition) is 0. The fourth-order valence-electron chi connectivity index (χ4n) is 4.98. The summed E-state index contributed by atoms with van der Waals surface area (Å²) in [5.41, 5.74) is 3.29. The zero-order valence-corrected chi connectivity index (χ0v) is 21.2. The predicted octanol–water partition coefficient (Wildman–Crippen LogP) is 3.77. The van der Waals surface area contributed by atoms with Gasteiger partial charge in [-0.2, -0.15) is 0 Å². The summed E-state index contributed by atoms with van der Waals surface area (Å²) in [6.45, 7) is 3.52. The molecule has 0 amide bonds. The first-order chi connectivity index (χ1) is 16.3. The molecule has 2 aromatic rings. The van der Waals surface area contributed by atoms with Crippen LogP contribution in [0.3, 0.4) is 0 Å². The highest BCUT2D eigenvalue weighted by Crippen LogP contribution is 2.51. The smallest absolute Gasteiger partial charge is 0.302 e. The largest absolute Gasteiger partial charge is 0.493 e. The minimum absolute atomic E-state index is 0.0735. The molecule has 34 heavy (non-hydrogen) atoms. The van der Waals surface area contributed by atoms with Crippen LogP contribution in [-0.4, -0.2) is 72.7 Å². The Bertz CT molecular complexity index is 1020. The molecule has 2 aromatic carbocycles. The summed E-state index contributed by atoms with van der Waals surface area (Å²) in [5, 5.41) is 0. The Morgan fingerprint density at radius 1 is 0.912 bits per heavy atom. The molecule has 2 unspecified atom stereocenters. The Balaban J connectivity index is 2.19. The van der Waals surface area contributed by atoms with Crippen molar-refractivity contribution in [3.05, 3.63) is 41.0 Å². The second-order valence-corrected chi connectivity index (χ2v) is 8.61. The molecule has 0 radical (unpaired) electrons. The van der Waals surface area contributed by atoms with Crippen LogP contribution in [-0.2, 0) is 16.0 Å². The third-order valence-electron chi connectivity index (χ3n) is 6.58. The summed E-state index contributed by atoms with van der Waals surface area (Å²) in [4.78, 5) is 11.3. The number of carbonyl (C=O) groups excluding carboxylic acids is 1. The molecule has 186 valence electrons. The van der Waals surface area contributed by atoms with Gasteiger partial charge in [-0.1, -0.05) is 0 Å². The molecule has 0 saturated heterocycles. The average Bonchev–Trinajstić information content (AvgIpc) is 2.84. The van der Waals surface area contributed by atoms with E-state index in [0.29, 0.717) is 39.8 Å². The molecule has 1 aliphatic heterocycles. The summed E-state index contributed by atoms with van der Waals surface area (Å²) in [7, 11) is 10.4. The monoisotopic (exact) mass is 474 g/mol. The lowest BCUT2D eigenvalue weighted by Crippen LogP contribution is -2.52. The van der Waals surface area contributed by atoms with Gasteiger partial charge in [0.1, 0.15) is 6.04 Å². The lowest BCUT2D eigenvalue weighted by atomic mass is 9.84. The first-order valence-electron chi connectivity index (χ1n) is 11.3. The number of likely N-dealkylation sites (N-methyl/N-ethyl adjacent to an activating group) is 1. The Kier molecular flexibility index (Phi) is 8.15. The Labute approximate surface area is 201 Å².